The molecule has 30 heteroatoms. The number of carbonyl (C=O) groups is 4. The van der Waals surface area contributed by atoms with Crippen molar-refractivity contribution >= 4 is 35.0 Å². The molecule has 0 aliphatic heterocycles. The number of carbonyl (C=O) groups excluding carboxylic acids is 4. The van der Waals surface area contributed by atoms with E-state index in [9.17, 15) is 89.4 Å². The average molecular weight is 1100 g/mol. The largest absolute Gasteiger partial charge is 0.573 e. The van der Waals surface area contributed by atoms with Crippen LogP contribution >= 0.6 is 0 Å². The highest BCUT2D eigenvalue weighted by Gasteiger charge is 2.40. The van der Waals surface area contributed by atoms with E-state index in [0.717, 1.165) is 87.0 Å². The van der Waals surface area contributed by atoms with Gasteiger partial charge in [-0.15, -0.1) is 26.3 Å². The Morgan fingerprint density at radius 2 is 0.763 bits per heavy atom. The Hall–Kier alpha value is -9.12. The van der Waals surface area contributed by atoms with Crippen molar-refractivity contribution in [2.75, 3.05) is 24.9 Å². The van der Waals surface area contributed by atoms with Crippen LogP contribution < -0.4 is 50.5 Å². The van der Waals surface area contributed by atoms with E-state index in [1.165, 1.54) is 0 Å². The lowest BCUT2D eigenvalue weighted by Gasteiger charge is -2.17. The second-order valence-electron chi connectivity index (χ2n) is 14.5. The van der Waals surface area contributed by atoms with Crippen LogP contribution in [0.5, 0.6) is 46.0 Å². The smallest absolute Gasteiger partial charge is 0.493 e. The Bertz CT molecular complexity index is 2990. The Morgan fingerprint density at radius 1 is 0.434 bits per heavy atom. The number of hydrogen-bond donors (Lipinski definition) is 4. The predicted molar refractivity (Wildman–Crippen MR) is 228 cm³/mol. The zero-order valence-corrected chi connectivity index (χ0v) is 37.5. The van der Waals surface area contributed by atoms with E-state index in [2.05, 4.69) is 9.47 Å². The van der Waals surface area contributed by atoms with Crippen LogP contribution in [0.3, 0.4) is 0 Å². The van der Waals surface area contributed by atoms with Gasteiger partial charge in [-0.25, -0.2) is 17.6 Å². The molecule has 0 unspecified atom stereocenters. The van der Waals surface area contributed by atoms with Gasteiger partial charge in [-0.05, 0) is 84.9 Å². The number of ether oxygens (including phenoxy) is 6. The van der Waals surface area contributed by atoms with Gasteiger partial charge >= 0.3 is 25.1 Å². The monoisotopic (exact) mass is 1100 g/mol. The number of primary amides is 2. The van der Waals surface area contributed by atoms with Crippen molar-refractivity contribution in [3.8, 4) is 46.0 Å². The van der Waals surface area contributed by atoms with Gasteiger partial charge < -0.3 is 50.5 Å². The van der Waals surface area contributed by atoms with Crippen molar-refractivity contribution in [3.05, 3.63) is 154 Å². The summed E-state index contributed by atoms with van der Waals surface area (Å²) >= 11 is 0. The lowest BCUT2D eigenvalue weighted by atomic mass is 10.1. The summed E-state index contributed by atoms with van der Waals surface area (Å²) in [5, 5.41) is 4.03. The molecular formula is C46H28F16N4O10. The van der Waals surface area contributed by atoms with Crippen LogP contribution in [0.4, 0.5) is 81.6 Å². The molecule has 6 N–H and O–H groups in total. The van der Waals surface area contributed by atoms with Gasteiger partial charge in [0.1, 0.15) is 45.8 Å². The minimum Gasteiger partial charge on any atom is -0.493 e. The fraction of sp³-hybridized carbons (Fsp3) is 0.130. The third kappa shape index (κ3) is 14.6. The number of anilines is 2. The number of alkyl halides is 12. The van der Waals surface area contributed by atoms with Crippen molar-refractivity contribution in [2.45, 2.75) is 25.1 Å². The Labute approximate surface area is 413 Å². The average Bonchev–Trinajstić information content (AvgIpc) is 3.29. The Morgan fingerprint density at radius 3 is 1.05 bits per heavy atom. The number of halogens is 16. The third-order valence-corrected chi connectivity index (χ3v) is 9.43. The molecule has 0 aliphatic carbocycles. The number of methoxy groups -OCH3 is 2. The first-order valence-corrected chi connectivity index (χ1v) is 20.0. The lowest BCUT2D eigenvalue weighted by molar-refractivity contribution is -0.276. The van der Waals surface area contributed by atoms with E-state index in [1.807, 2.05) is 10.6 Å². The fourth-order valence-corrected chi connectivity index (χ4v) is 6.21. The highest BCUT2D eigenvalue weighted by atomic mass is 19.4. The van der Waals surface area contributed by atoms with E-state index in [0.29, 0.717) is 12.1 Å². The number of nitrogens with two attached hydrogens (primary N) is 2. The number of benzene rings is 6. The summed E-state index contributed by atoms with van der Waals surface area (Å²) in [5.41, 5.74) is 1.84. The van der Waals surface area contributed by atoms with Crippen molar-refractivity contribution in [1.82, 2.24) is 0 Å². The molecular weight excluding hydrogens is 1070 g/mol. The molecule has 6 aromatic rings. The molecule has 14 nitrogen and oxygen atoms in total. The number of amides is 4. The van der Waals surface area contributed by atoms with E-state index in [4.69, 9.17) is 30.4 Å². The summed E-state index contributed by atoms with van der Waals surface area (Å²) in [6, 6.07) is 11.6. The molecule has 6 rings (SSSR count). The molecule has 76 heavy (non-hydrogen) atoms. The second kappa shape index (κ2) is 22.6. The van der Waals surface area contributed by atoms with Gasteiger partial charge in [0.05, 0.1) is 36.5 Å². The third-order valence-electron chi connectivity index (χ3n) is 9.43. The minimum absolute atomic E-state index is 0.281. The number of nitrogens with one attached hydrogen (secondary N) is 2. The quantitative estimate of drug-likeness (QED) is 0.0761. The van der Waals surface area contributed by atoms with E-state index >= 15 is 0 Å². The standard InChI is InChI=1S/2C23H14F8N2O5/c2*1-36-17-9-11(3-6-15(17)38-23(29,30)31)37-16-7-4-13(22(26,27)28)19(25)18(16)21(35)33-10-2-5-14(24)12(8-10)20(32)34/h2*2-9H,1H3,(H2,32,34)(H,33,35). The number of hydrogen-bond acceptors (Lipinski definition) is 10. The zero-order valence-electron chi connectivity index (χ0n) is 37.5. The summed E-state index contributed by atoms with van der Waals surface area (Å²) in [5.74, 6) is -16.6. The molecule has 0 heterocycles. The first-order chi connectivity index (χ1) is 35.2. The van der Waals surface area contributed by atoms with Crippen LogP contribution in [0, 0.1) is 23.3 Å². The molecule has 0 aliphatic rings. The van der Waals surface area contributed by atoms with Crippen LogP contribution in [-0.4, -0.2) is 50.6 Å². The van der Waals surface area contributed by atoms with E-state index in [-0.39, 0.29) is 35.0 Å². The maximum absolute atomic E-state index is 15.0. The van der Waals surface area contributed by atoms with Gasteiger partial charge in [0.25, 0.3) is 23.6 Å². The SMILES string of the molecule is COc1cc(Oc2ccc(C(F)(F)F)c(F)c2C(=O)Nc2ccc(F)c(C(N)=O)c2)ccc1OC(F)(F)F.COc1cc(Oc2ccc(C(F)(F)F)c(F)c2C(=O)Nc2ccc(F)c(C(N)=O)c2)ccc1OC(F)(F)F. The summed E-state index contributed by atoms with van der Waals surface area (Å²) in [7, 11) is 1.98. The van der Waals surface area contributed by atoms with E-state index < -0.39 is 140 Å². The van der Waals surface area contributed by atoms with Gasteiger partial charge in [-0.2, -0.15) is 26.3 Å². The molecule has 0 saturated carbocycles. The fourth-order valence-electron chi connectivity index (χ4n) is 6.21. The zero-order chi connectivity index (χ0) is 56.8. The molecule has 0 radical (unpaired) electrons. The molecule has 0 aromatic heterocycles. The molecule has 0 atom stereocenters. The molecule has 404 valence electrons. The van der Waals surface area contributed by atoms with Gasteiger partial charge in [0.15, 0.2) is 34.6 Å². The van der Waals surface area contributed by atoms with Crippen molar-refractivity contribution in [3.63, 3.8) is 0 Å². The van der Waals surface area contributed by atoms with Crippen molar-refractivity contribution in [1.29, 1.82) is 0 Å². The summed E-state index contributed by atoms with van der Waals surface area (Å²) in [6.07, 6.45) is -20.6. The predicted octanol–water partition coefficient (Wildman–Crippen LogP) is 12.1. The van der Waals surface area contributed by atoms with Gasteiger partial charge in [0, 0.05) is 23.5 Å². The topological polar surface area (TPSA) is 200 Å². The Balaban J connectivity index is 0.000000281. The second-order valence-corrected chi connectivity index (χ2v) is 14.5. The first-order valence-electron chi connectivity index (χ1n) is 20.0. The summed E-state index contributed by atoms with van der Waals surface area (Å²) in [6.45, 7) is 0. The van der Waals surface area contributed by atoms with Gasteiger partial charge in [0.2, 0.25) is 0 Å². The van der Waals surface area contributed by atoms with Crippen molar-refractivity contribution < 1.29 is 118 Å². The first kappa shape index (κ1) is 57.8. The molecule has 6 aromatic carbocycles. The van der Waals surface area contributed by atoms with E-state index in [1.54, 1.807) is 0 Å². The maximum atomic E-state index is 15.0. The molecule has 0 saturated heterocycles. The van der Waals surface area contributed by atoms with Crippen LogP contribution in [-0.2, 0) is 12.4 Å². The van der Waals surface area contributed by atoms with Crippen LogP contribution in [0.15, 0.2) is 97.1 Å². The molecule has 4 amide bonds. The summed E-state index contributed by atoms with van der Waals surface area (Å²) in [4.78, 5) is 48.4. The van der Waals surface area contributed by atoms with Gasteiger partial charge in [-0.1, -0.05) is 0 Å². The molecule has 0 spiro atoms. The molecule has 0 fully saturated rings. The number of rotatable bonds is 14. The van der Waals surface area contributed by atoms with Crippen LogP contribution in [0.25, 0.3) is 0 Å². The molecule has 0 bridgehead atoms. The normalized spacial score (nSPS) is 11.6. The van der Waals surface area contributed by atoms with Gasteiger partial charge in [-0.3, -0.25) is 19.2 Å². The Kier molecular flexibility index (Phi) is 17.1. The van der Waals surface area contributed by atoms with Crippen molar-refractivity contribution in [2.24, 2.45) is 11.5 Å². The maximum Gasteiger partial charge on any atom is 0.573 e. The minimum atomic E-state index is -5.23. The highest BCUT2D eigenvalue weighted by Crippen LogP contribution is 2.42. The van der Waals surface area contributed by atoms with Crippen LogP contribution in [0.1, 0.15) is 52.6 Å². The van der Waals surface area contributed by atoms with Crippen LogP contribution in [0.2, 0.25) is 0 Å². The summed E-state index contributed by atoms with van der Waals surface area (Å²) < 4.78 is 240. The highest BCUT2D eigenvalue weighted by molar-refractivity contribution is 6.08. The lowest BCUT2D eigenvalue weighted by Crippen LogP contribution is -2.20.